The number of carbonyl (C=O) groups is 1. The second-order valence-electron chi connectivity index (χ2n) is 8.75. The third kappa shape index (κ3) is 27.6. The molecular weight excluding hydrogens is 420 g/mol. The van der Waals surface area contributed by atoms with Crippen molar-refractivity contribution in [2.24, 2.45) is 0 Å². The van der Waals surface area contributed by atoms with Gasteiger partial charge >= 0.3 is 5.97 Å². The van der Waals surface area contributed by atoms with Crippen molar-refractivity contribution in [1.82, 2.24) is 0 Å². The van der Waals surface area contributed by atoms with E-state index in [1.807, 2.05) is 6.08 Å². The Labute approximate surface area is 209 Å². The normalized spacial score (nSPS) is 11.5. The van der Waals surface area contributed by atoms with E-state index >= 15 is 0 Å². The highest BCUT2D eigenvalue weighted by Crippen LogP contribution is 2.11. The van der Waals surface area contributed by atoms with Crippen molar-refractivity contribution in [1.29, 1.82) is 0 Å². The smallest absolute Gasteiger partial charge is 0.382 e. The number of carboxylic acids is 1. The van der Waals surface area contributed by atoms with Crippen LogP contribution in [-0.2, 0) is 4.79 Å². The molecule has 0 aromatic heterocycles. The predicted octanol–water partition coefficient (Wildman–Crippen LogP) is 7.60. The number of hydrogen-bond donors (Lipinski definition) is 2. The summed E-state index contributed by atoms with van der Waals surface area (Å²) in [5.41, 5.74) is 0. The Morgan fingerprint density at radius 3 is 1.91 bits per heavy atom. The first-order chi connectivity index (χ1) is 16.7. The van der Waals surface area contributed by atoms with Gasteiger partial charge in [0.2, 0.25) is 0 Å². The molecule has 0 aliphatic rings. The van der Waals surface area contributed by atoms with E-state index in [-0.39, 0.29) is 0 Å². The number of aliphatic hydroxyl groups excluding tert-OH is 1. The van der Waals surface area contributed by atoms with E-state index < -0.39 is 12.1 Å². The molecule has 0 radical (unpaired) electrons. The molecular formula is C31H46O3. The molecule has 188 valence electrons. The van der Waals surface area contributed by atoms with Gasteiger partial charge in [0.1, 0.15) is 6.10 Å². The fourth-order valence-electron chi connectivity index (χ4n) is 3.59. The summed E-state index contributed by atoms with van der Waals surface area (Å²) in [4.78, 5) is 10.2. The number of terminal acetylenes is 1. The van der Waals surface area contributed by atoms with Crippen molar-refractivity contribution in [3.8, 4) is 36.0 Å². The van der Waals surface area contributed by atoms with Crippen molar-refractivity contribution in [3.63, 3.8) is 0 Å². The fourth-order valence-corrected chi connectivity index (χ4v) is 3.59. The minimum Gasteiger partial charge on any atom is -0.472 e. The van der Waals surface area contributed by atoms with E-state index in [1.165, 1.54) is 70.6 Å². The van der Waals surface area contributed by atoms with Crippen molar-refractivity contribution in [2.45, 2.75) is 128 Å². The standard InChI is InChI=1S/C31H46O3/c1-2-30(32)28-26-24-22-20-18-16-14-12-10-8-6-4-3-5-7-9-11-13-15-17-19-21-23-25-27-29-31(33)34/h1,4,6,23,25,30,32H,3,5,7-9,11,13-22,24,26,28H2,(H,33,34). The lowest BCUT2D eigenvalue weighted by Crippen LogP contribution is -2.01. The Bertz CT molecular complexity index is 703. The molecule has 0 rings (SSSR count). The van der Waals surface area contributed by atoms with Gasteiger partial charge in [0, 0.05) is 18.8 Å². The Morgan fingerprint density at radius 2 is 1.29 bits per heavy atom. The van der Waals surface area contributed by atoms with Crippen molar-refractivity contribution in [2.75, 3.05) is 0 Å². The zero-order chi connectivity index (χ0) is 25.0. The second kappa shape index (κ2) is 26.8. The maximum atomic E-state index is 10.2. The van der Waals surface area contributed by atoms with E-state index in [1.54, 1.807) is 6.08 Å². The highest BCUT2D eigenvalue weighted by Gasteiger charge is 1.97. The Hall–Kier alpha value is -2.41. The van der Waals surface area contributed by atoms with Gasteiger partial charge in [0.15, 0.2) is 0 Å². The molecule has 0 aromatic rings. The molecule has 0 heterocycles. The summed E-state index contributed by atoms with van der Waals surface area (Å²) in [6.07, 6.45) is 34.7. The summed E-state index contributed by atoms with van der Waals surface area (Å²) in [7, 11) is 0. The molecule has 0 fully saturated rings. The highest BCUT2D eigenvalue weighted by molar-refractivity contribution is 5.86. The van der Waals surface area contributed by atoms with Crippen molar-refractivity contribution in [3.05, 3.63) is 24.3 Å². The van der Waals surface area contributed by atoms with Gasteiger partial charge in [-0.3, -0.25) is 0 Å². The zero-order valence-corrected chi connectivity index (χ0v) is 21.2. The summed E-state index contributed by atoms with van der Waals surface area (Å²) in [5, 5.41) is 17.7. The molecule has 0 aliphatic heterocycles. The maximum absolute atomic E-state index is 10.2. The molecule has 0 spiro atoms. The topological polar surface area (TPSA) is 57.5 Å². The minimum atomic E-state index is -1.08. The number of rotatable bonds is 20. The van der Waals surface area contributed by atoms with E-state index in [0.717, 1.165) is 51.4 Å². The third-order valence-electron chi connectivity index (χ3n) is 5.61. The molecule has 0 bridgehead atoms. The van der Waals surface area contributed by atoms with Crippen LogP contribution in [-0.4, -0.2) is 22.3 Å². The molecule has 0 aromatic carbocycles. The summed E-state index contributed by atoms with van der Waals surface area (Å²) in [6.45, 7) is 0. The van der Waals surface area contributed by atoms with Crippen LogP contribution < -0.4 is 0 Å². The first kappa shape index (κ1) is 31.6. The third-order valence-corrected chi connectivity index (χ3v) is 5.61. The van der Waals surface area contributed by atoms with Gasteiger partial charge in [-0.1, -0.05) is 100 Å². The number of aliphatic hydroxyl groups is 1. The van der Waals surface area contributed by atoms with Crippen molar-refractivity contribution >= 4 is 5.97 Å². The quantitative estimate of drug-likeness (QED) is 0.110. The lowest BCUT2D eigenvalue weighted by Gasteiger charge is -2.02. The van der Waals surface area contributed by atoms with Crippen LogP contribution >= 0.6 is 0 Å². The van der Waals surface area contributed by atoms with Crippen LogP contribution in [0.15, 0.2) is 24.3 Å². The number of hydrogen-bond acceptors (Lipinski definition) is 2. The van der Waals surface area contributed by atoms with E-state index in [9.17, 15) is 9.90 Å². The maximum Gasteiger partial charge on any atom is 0.382 e. The molecule has 34 heavy (non-hydrogen) atoms. The van der Waals surface area contributed by atoms with E-state index in [2.05, 4.69) is 41.8 Å². The predicted molar refractivity (Wildman–Crippen MR) is 144 cm³/mol. The van der Waals surface area contributed by atoms with Gasteiger partial charge in [-0.15, -0.1) is 12.3 Å². The highest BCUT2D eigenvalue weighted by atomic mass is 16.4. The van der Waals surface area contributed by atoms with Crippen LogP contribution in [0.3, 0.4) is 0 Å². The molecule has 1 atom stereocenters. The summed E-state index contributed by atoms with van der Waals surface area (Å²) < 4.78 is 0. The fraction of sp³-hybridized carbons (Fsp3) is 0.645. The van der Waals surface area contributed by atoms with Crippen LogP contribution in [0.5, 0.6) is 0 Å². The number of unbranched alkanes of at least 4 members (excludes halogenated alkanes) is 15. The minimum absolute atomic E-state index is 0.563. The Kier molecular flexibility index (Phi) is 24.9. The van der Waals surface area contributed by atoms with Crippen LogP contribution in [0.4, 0.5) is 0 Å². The molecule has 0 amide bonds. The van der Waals surface area contributed by atoms with Crippen molar-refractivity contribution < 1.29 is 15.0 Å². The first-order valence-electron chi connectivity index (χ1n) is 13.3. The summed E-state index contributed by atoms with van der Waals surface area (Å²) >= 11 is 0. The lowest BCUT2D eigenvalue weighted by molar-refractivity contribution is -0.130. The zero-order valence-electron chi connectivity index (χ0n) is 21.2. The lowest BCUT2D eigenvalue weighted by atomic mass is 10.1. The van der Waals surface area contributed by atoms with E-state index in [0.29, 0.717) is 0 Å². The largest absolute Gasteiger partial charge is 0.472 e. The molecule has 0 saturated heterocycles. The average Bonchev–Trinajstić information content (AvgIpc) is 2.83. The first-order valence-corrected chi connectivity index (χ1v) is 13.3. The number of aliphatic carboxylic acids is 1. The molecule has 3 heteroatoms. The second-order valence-corrected chi connectivity index (χ2v) is 8.75. The van der Waals surface area contributed by atoms with Gasteiger partial charge in [0.05, 0.1) is 0 Å². The van der Waals surface area contributed by atoms with Crippen LogP contribution in [0.1, 0.15) is 122 Å². The van der Waals surface area contributed by atoms with Gasteiger partial charge in [0.25, 0.3) is 0 Å². The van der Waals surface area contributed by atoms with Crippen LogP contribution in [0.2, 0.25) is 0 Å². The SMILES string of the molecule is C#CC(O)CCCCCCCCC#CCC=CCCCCCCCCCCC=CC#CC(=O)O. The molecule has 0 saturated carbocycles. The monoisotopic (exact) mass is 466 g/mol. The van der Waals surface area contributed by atoms with Gasteiger partial charge in [-0.05, 0) is 51.0 Å². The summed E-state index contributed by atoms with van der Waals surface area (Å²) in [5.74, 6) is 12.4. The van der Waals surface area contributed by atoms with Crippen LogP contribution in [0, 0.1) is 36.0 Å². The molecule has 3 nitrogen and oxygen atoms in total. The van der Waals surface area contributed by atoms with Gasteiger partial charge in [-0.25, -0.2) is 4.79 Å². The molecule has 0 aliphatic carbocycles. The number of allylic oxidation sites excluding steroid dienone is 4. The van der Waals surface area contributed by atoms with Gasteiger partial charge in [-0.2, -0.15) is 0 Å². The Balaban J connectivity index is 3.29. The van der Waals surface area contributed by atoms with Gasteiger partial charge < -0.3 is 10.2 Å². The Morgan fingerprint density at radius 1 is 0.735 bits per heavy atom. The van der Waals surface area contributed by atoms with Crippen LogP contribution in [0.25, 0.3) is 0 Å². The number of carboxylic acid groups (broad SMARTS) is 1. The average molecular weight is 467 g/mol. The molecule has 1 unspecified atom stereocenters. The molecule has 2 N–H and O–H groups in total. The summed E-state index contributed by atoms with van der Waals surface area (Å²) in [6, 6.07) is 0. The van der Waals surface area contributed by atoms with E-state index in [4.69, 9.17) is 11.5 Å².